The van der Waals surface area contributed by atoms with Crippen LogP contribution in [0.15, 0.2) is 42.6 Å². The van der Waals surface area contributed by atoms with Crippen LogP contribution in [0.1, 0.15) is 23.1 Å². The molecule has 0 atom stereocenters. The molecule has 2 aromatic heterocycles. The summed E-state index contributed by atoms with van der Waals surface area (Å²) in [6, 6.07) is 10.5. The predicted molar refractivity (Wildman–Crippen MR) is 81.2 cm³/mol. The van der Waals surface area contributed by atoms with Crippen molar-refractivity contribution in [3.63, 3.8) is 0 Å². The molecule has 3 N–H and O–H groups in total. The number of hydrogen-bond donors (Lipinski definition) is 2. The maximum absolute atomic E-state index is 12.4. The number of amides is 1. The molecule has 1 amide bonds. The molecule has 0 aliphatic rings. The first kappa shape index (κ1) is 13.1. The van der Waals surface area contributed by atoms with Gasteiger partial charge in [-0.3, -0.25) is 9.20 Å². The van der Waals surface area contributed by atoms with Crippen LogP contribution >= 0.6 is 0 Å². The van der Waals surface area contributed by atoms with Gasteiger partial charge < -0.3 is 11.1 Å². The summed E-state index contributed by atoms with van der Waals surface area (Å²) in [7, 11) is 0. The molecule has 0 unspecified atom stereocenters. The van der Waals surface area contributed by atoms with Crippen molar-refractivity contribution in [3.05, 3.63) is 54.0 Å². The summed E-state index contributed by atoms with van der Waals surface area (Å²) in [5.41, 5.74) is 8.01. The number of benzene rings is 1. The monoisotopic (exact) mass is 281 g/mol. The number of nitrogens with two attached hydrogens (primary N) is 1. The molecule has 3 aromatic rings. The van der Waals surface area contributed by atoms with Crippen molar-refractivity contribution in [2.45, 2.75) is 13.3 Å². The van der Waals surface area contributed by atoms with Gasteiger partial charge in [0.2, 0.25) is 0 Å². The number of pyridine rings is 1. The number of carbonyl (C=O) groups excluding carboxylic acids is 1. The Labute approximate surface area is 121 Å². The molecule has 1 aromatic carbocycles. The lowest BCUT2D eigenvalue weighted by molar-refractivity contribution is 0.102. The van der Waals surface area contributed by atoms with E-state index in [2.05, 4.69) is 15.5 Å². The van der Waals surface area contributed by atoms with E-state index in [9.17, 15) is 4.79 Å². The first-order valence-electron chi connectivity index (χ1n) is 6.68. The highest BCUT2D eigenvalue weighted by molar-refractivity contribution is 6.08. The van der Waals surface area contributed by atoms with Gasteiger partial charge in [-0.2, -0.15) is 0 Å². The van der Waals surface area contributed by atoms with Crippen molar-refractivity contribution in [2.75, 3.05) is 11.1 Å². The van der Waals surface area contributed by atoms with Crippen molar-refractivity contribution in [3.8, 4) is 0 Å². The van der Waals surface area contributed by atoms with E-state index < -0.39 is 0 Å². The topological polar surface area (TPSA) is 85.3 Å². The first-order chi connectivity index (χ1) is 10.2. The highest BCUT2D eigenvalue weighted by atomic mass is 16.1. The molecule has 0 aliphatic carbocycles. The van der Waals surface area contributed by atoms with Gasteiger partial charge in [-0.05, 0) is 36.4 Å². The molecule has 106 valence electrons. The molecule has 0 saturated carbocycles. The zero-order valence-electron chi connectivity index (χ0n) is 11.6. The Bertz CT molecular complexity index is 791. The van der Waals surface area contributed by atoms with Crippen LogP contribution in [0.25, 0.3) is 5.65 Å². The van der Waals surface area contributed by atoms with Gasteiger partial charge in [-0.15, -0.1) is 10.2 Å². The molecule has 6 nitrogen and oxygen atoms in total. The van der Waals surface area contributed by atoms with Gasteiger partial charge in [0.1, 0.15) is 5.82 Å². The summed E-state index contributed by atoms with van der Waals surface area (Å²) in [4.78, 5) is 12.4. The standard InChI is InChI=1S/C15H15N5O/c1-2-13-18-19-14-12(4-3-9-20(13)14)15(21)17-11-7-5-10(16)6-8-11/h3-9H,2,16H2,1H3,(H,17,21). The van der Waals surface area contributed by atoms with Crippen molar-refractivity contribution < 1.29 is 4.79 Å². The number of hydrogen-bond acceptors (Lipinski definition) is 4. The summed E-state index contributed by atoms with van der Waals surface area (Å²) in [5.74, 6) is 0.604. The Hall–Kier alpha value is -2.89. The number of aryl methyl sites for hydroxylation is 1. The van der Waals surface area contributed by atoms with Crippen molar-refractivity contribution in [1.29, 1.82) is 0 Å². The summed E-state index contributed by atoms with van der Waals surface area (Å²) >= 11 is 0. The molecular formula is C15H15N5O. The Morgan fingerprint density at radius 1 is 1.24 bits per heavy atom. The second-order valence-corrected chi connectivity index (χ2v) is 4.66. The number of nitrogen functional groups attached to an aromatic ring is 1. The molecular weight excluding hydrogens is 266 g/mol. The van der Waals surface area contributed by atoms with E-state index in [1.807, 2.05) is 23.6 Å². The van der Waals surface area contributed by atoms with Crippen LogP contribution in [0.3, 0.4) is 0 Å². The first-order valence-corrected chi connectivity index (χ1v) is 6.68. The molecule has 0 bridgehead atoms. The Balaban J connectivity index is 1.94. The number of nitrogens with zero attached hydrogens (tertiary/aromatic N) is 3. The highest BCUT2D eigenvalue weighted by Crippen LogP contribution is 2.15. The Morgan fingerprint density at radius 3 is 2.71 bits per heavy atom. The quantitative estimate of drug-likeness (QED) is 0.720. The van der Waals surface area contributed by atoms with Gasteiger partial charge in [-0.1, -0.05) is 6.92 Å². The second kappa shape index (κ2) is 5.24. The minimum Gasteiger partial charge on any atom is -0.399 e. The number of fused-ring (bicyclic) bond motifs is 1. The SMILES string of the molecule is CCc1nnc2c(C(=O)Nc3ccc(N)cc3)cccn12. The normalized spacial score (nSPS) is 10.7. The lowest BCUT2D eigenvalue weighted by atomic mass is 10.2. The maximum Gasteiger partial charge on any atom is 0.259 e. The number of carbonyl (C=O) groups is 1. The maximum atomic E-state index is 12.4. The van der Waals surface area contributed by atoms with Crippen LogP contribution in [0, 0.1) is 0 Å². The third-order valence-electron chi connectivity index (χ3n) is 3.23. The highest BCUT2D eigenvalue weighted by Gasteiger charge is 2.14. The van der Waals surface area contributed by atoms with Crippen molar-refractivity contribution in [1.82, 2.24) is 14.6 Å². The van der Waals surface area contributed by atoms with Crippen LogP contribution in [-0.4, -0.2) is 20.5 Å². The van der Waals surface area contributed by atoms with Gasteiger partial charge in [0.15, 0.2) is 5.65 Å². The second-order valence-electron chi connectivity index (χ2n) is 4.66. The van der Waals surface area contributed by atoms with E-state index in [1.54, 1.807) is 30.3 Å². The van der Waals surface area contributed by atoms with E-state index in [4.69, 9.17) is 5.73 Å². The van der Waals surface area contributed by atoms with Gasteiger partial charge in [0.25, 0.3) is 5.91 Å². The van der Waals surface area contributed by atoms with Gasteiger partial charge in [0.05, 0.1) is 5.56 Å². The molecule has 3 rings (SSSR count). The summed E-state index contributed by atoms with van der Waals surface area (Å²) in [5, 5.41) is 11.0. The Morgan fingerprint density at radius 2 is 2.00 bits per heavy atom. The number of aromatic nitrogens is 3. The minimum absolute atomic E-state index is 0.222. The van der Waals surface area contributed by atoms with Crippen LogP contribution in [-0.2, 0) is 6.42 Å². The van der Waals surface area contributed by atoms with Gasteiger partial charge in [0, 0.05) is 24.0 Å². The lowest BCUT2D eigenvalue weighted by Gasteiger charge is -2.06. The number of anilines is 2. The summed E-state index contributed by atoms with van der Waals surface area (Å²) < 4.78 is 1.83. The fourth-order valence-corrected chi connectivity index (χ4v) is 2.15. The zero-order valence-corrected chi connectivity index (χ0v) is 11.6. The third kappa shape index (κ3) is 2.43. The third-order valence-corrected chi connectivity index (χ3v) is 3.23. The molecule has 21 heavy (non-hydrogen) atoms. The summed E-state index contributed by atoms with van der Waals surface area (Å²) in [6.45, 7) is 2.00. The minimum atomic E-state index is -0.222. The molecule has 0 fully saturated rings. The fourth-order valence-electron chi connectivity index (χ4n) is 2.15. The van der Waals surface area contributed by atoms with E-state index >= 15 is 0 Å². The van der Waals surface area contributed by atoms with Crippen LogP contribution in [0.2, 0.25) is 0 Å². The molecule has 0 aliphatic heterocycles. The van der Waals surface area contributed by atoms with E-state index in [-0.39, 0.29) is 5.91 Å². The van der Waals surface area contributed by atoms with Crippen LogP contribution in [0.5, 0.6) is 0 Å². The molecule has 0 spiro atoms. The molecule has 2 heterocycles. The number of nitrogens with one attached hydrogen (secondary N) is 1. The largest absolute Gasteiger partial charge is 0.399 e. The van der Waals surface area contributed by atoms with E-state index in [0.29, 0.717) is 22.6 Å². The van der Waals surface area contributed by atoms with Crippen LogP contribution < -0.4 is 11.1 Å². The fraction of sp³-hybridized carbons (Fsp3) is 0.133. The zero-order chi connectivity index (χ0) is 14.8. The van der Waals surface area contributed by atoms with Gasteiger partial charge >= 0.3 is 0 Å². The summed E-state index contributed by atoms with van der Waals surface area (Å²) in [6.07, 6.45) is 2.61. The average molecular weight is 281 g/mol. The van der Waals surface area contributed by atoms with E-state index in [0.717, 1.165) is 12.2 Å². The number of rotatable bonds is 3. The molecule has 0 radical (unpaired) electrons. The van der Waals surface area contributed by atoms with Gasteiger partial charge in [-0.25, -0.2) is 0 Å². The predicted octanol–water partition coefficient (Wildman–Crippen LogP) is 2.13. The molecule has 0 saturated heterocycles. The Kier molecular flexibility index (Phi) is 3.27. The van der Waals surface area contributed by atoms with Crippen molar-refractivity contribution in [2.24, 2.45) is 0 Å². The lowest BCUT2D eigenvalue weighted by Crippen LogP contribution is -2.13. The smallest absolute Gasteiger partial charge is 0.259 e. The van der Waals surface area contributed by atoms with Crippen LogP contribution in [0.4, 0.5) is 11.4 Å². The van der Waals surface area contributed by atoms with Crippen molar-refractivity contribution >= 4 is 22.9 Å². The average Bonchev–Trinajstić information content (AvgIpc) is 2.92. The van der Waals surface area contributed by atoms with E-state index in [1.165, 1.54) is 0 Å². The molecule has 6 heteroatoms.